The molecule has 94 valence electrons. The Bertz CT molecular complexity index is 604. The third-order valence-electron chi connectivity index (χ3n) is 3.80. The fourth-order valence-electron chi connectivity index (χ4n) is 2.80. The molecule has 0 spiro atoms. The van der Waals surface area contributed by atoms with Gasteiger partial charge in [0, 0.05) is 10.9 Å². The van der Waals surface area contributed by atoms with Crippen LogP contribution in [0.4, 0.5) is 0 Å². The molecule has 18 heavy (non-hydrogen) atoms. The molecule has 1 heterocycles. The van der Waals surface area contributed by atoms with E-state index >= 15 is 0 Å². The second-order valence-corrected chi connectivity index (χ2v) is 5.76. The molecule has 1 aliphatic carbocycles. The lowest BCUT2D eigenvalue weighted by molar-refractivity contribution is 0.462. The highest BCUT2D eigenvalue weighted by molar-refractivity contribution is 6.36. The van der Waals surface area contributed by atoms with Crippen LogP contribution in [0.15, 0.2) is 24.3 Å². The summed E-state index contributed by atoms with van der Waals surface area (Å²) in [7, 11) is 0. The summed E-state index contributed by atoms with van der Waals surface area (Å²) in [4.78, 5) is 4.27. The second kappa shape index (κ2) is 4.37. The van der Waals surface area contributed by atoms with Gasteiger partial charge < -0.3 is 5.73 Å². The molecule has 1 saturated carbocycles. The Morgan fingerprint density at radius 1 is 1.06 bits per heavy atom. The minimum atomic E-state index is -0.273. The van der Waals surface area contributed by atoms with Gasteiger partial charge in [0.05, 0.1) is 10.5 Å². The van der Waals surface area contributed by atoms with Crippen LogP contribution in [0.25, 0.3) is 10.9 Å². The molecule has 0 aliphatic heterocycles. The molecule has 0 amide bonds. The summed E-state index contributed by atoms with van der Waals surface area (Å²) in [6.07, 6.45) is 4.34. The number of benzene rings is 1. The van der Waals surface area contributed by atoms with Crippen LogP contribution in [-0.4, -0.2) is 4.98 Å². The highest BCUT2D eigenvalue weighted by Gasteiger charge is 2.33. The number of fused-ring (bicyclic) bond motifs is 1. The van der Waals surface area contributed by atoms with Crippen LogP contribution in [-0.2, 0) is 5.54 Å². The van der Waals surface area contributed by atoms with Crippen LogP contribution in [0.5, 0.6) is 0 Å². The molecule has 1 aliphatic rings. The average Bonchev–Trinajstić information content (AvgIpc) is 2.77. The largest absolute Gasteiger partial charge is 0.321 e. The smallest absolute Gasteiger partial charge is 0.129 e. The summed E-state index contributed by atoms with van der Waals surface area (Å²) in [5.41, 5.74) is 8.06. The molecule has 0 atom stereocenters. The Kier molecular flexibility index (Phi) is 2.97. The van der Waals surface area contributed by atoms with Gasteiger partial charge in [-0.2, -0.15) is 0 Å². The summed E-state index contributed by atoms with van der Waals surface area (Å²) in [5.74, 6) is 0. The molecule has 1 aromatic heterocycles. The first-order valence-electron chi connectivity index (χ1n) is 6.14. The molecular formula is C14H14Cl2N2. The maximum atomic E-state index is 6.50. The highest BCUT2D eigenvalue weighted by Crippen LogP contribution is 2.41. The summed E-state index contributed by atoms with van der Waals surface area (Å²) < 4.78 is 0. The van der Waals surface area contributed by atoms with Crippen molar-refractivity contribution in [3.63, 3.8) is 0 Å². The van der Waals surface area contributed by atoms with Crippen molar-refractivity contribution in [1.29, 1.82) is 0 Å². The first-order chi connectivity index (χ1) is 8.60. The minimum Gasteiger partial charge on any atom is -0.321 e. The van der Waals surface area contributed by atoms with Gasteiger partial charge in [-0.1, -0.05) is 42.1 Å². The fourth-order valence-corrected chi connectivity index (χ4v) is 3.37. The van der Waals surface area contributed by atoms with Crippen LogP contribution in [0.3, 0.4) is 0 Å². The quantitative estimate of drug-likeness (QED) is 0.793. The number of hydrogen-bond donors (Lipinski definition) is 1. The molecule has 1 fully saturated rings. The van der Waals surface area contributed by atoms with Gasteiger partial charge >= 0.3 is 0 Å². The highest BCUT2D eigenvalue weighted by atomic mass is 35.5. The Balaban J connectivity index is 2.20. The maximum Gasteiger partial charge on any atom is 0.129 e. The van der Waals surface area contributed by atoms with Crippen molar-refractivity contribution in [2.75, 3.05) is 0 Å². The van der Waals surface area contributed by atoms with Gasteiger partial charge in [-0.3, -0.25) is 0 Å². The zero-order valence-electron chi connectivity index (χ0n) is 9.92. The van der Waals surface area contributed by atoms with E-state index < -0.39 is 0 Å². The van der Waals surface area contributed by atoms with Crippen LogP contribution < -0.4 is 5.73 Å². The number of nitrogens with zero attached hydrogens (tertiary/aromatic N) is 1. The molecule has 1 aromatic carbocycles. The fraction of sp³-hybridized carbons (Fsp3) is 0.357. The van der Waals surface area contributed by atoms with Gasteiger partial charge in [-0.05, 0) is 36.6 Å². The van der Waals surface area contributed by atoms with Crippen molar-refractivity contribution < 1.29 is 0 Å². The predicted octanol–water partition coefficient (Wildman–Crippen LogP) is 4.27. The van der Waals surface area contributed by atoms with Gasteiger partial charge in [0.15, 0.2) is 0 Å². The van der Waals surface area contributed by atoms with E-state index in [1.54, 1.807) is 6.07 Å². The zero-order chi connectivity index (χ0) is 12.8. The van der Waals surface area contributed by atoms with E-state index in [9.17, 15) is 0 Å². The van der Waals surface area contributed by atoms with Gasteiger partial charge in [0.2, 0.25) is 0 Å². The molecule has 0 bridgehead atoms. The predicted molar refractivity (Wildman–Crippen MR) is 76.1 cm³/mol. The molecule has 2 aromatic rings. The minimum absolute atomic E-state index is 0.273. The normalized spacial score (nSPS) is 18.4. The first-order valence-corrected chi connectivity index (χ1v) is 6.90. The third-order valence-corrected chi connectivity index (χ3v) is 4.42. The molecule has 2 nitrogen and oxygen atoms in total. The number of halogens is 2. The number of pyridine rings is 1. The molecule has 4 heteroatoms. The molecule has 0 unspecified atom stereocenters. The van der Waals surface area contributed by atoms with Gasteiger partial charge in [-0.15, -0.1) is 0 Å². The molecule has 2 N–H and O–H groups in total. The lowest BCUT2D eigenvalue weighted by atomic mass is 9.88. The summed E-state index contributed by atoms with van der Waals surface area (Å²) in [6, 6.07) is 7.63. The van der Waals surface area contributed by atoms with Crippen molar-refractivity contribution in [1.82, 2.24) is 4.98 Å². The van der Waals surface area contributed by atoms with E-state index in [0.29, 0.717) is 5.15 Å². The van der Waals surface area contributed by atoms with Crippen molar-refractivity contribution in [2.24, 2.45) is 5.73 Å². The van der Waals surface area contributed by atoms with Gasteiger partial charge in [0.25, 0.3) is 0 Å². The van der Waals surface area contributed by atoms with E-state index in [1.165, 1.54) is 12.8 Å². The van der Waals surface area contributed by atoms with E-state index in [1.807, 2.05) is 18.2 Å². The molecule has 0 radical (unpaired) electrons. The van der Waals surface area contributed by atoms with Crippen molar-refractivity contribution in [2.45, 2.75) is 31.2 Å². The standard InChI is InChI=1S/C14H14Cl2N2/c15-12-6-3-9-11(18-12)5-4-10(13(9)16)14(17)7-1-2-8-14/h3-6H,1-2,7-8,17H2. The molecular weight excluding hydrogens is 267 g/mol. The molecule has 3 rings (SSSR count). The van der Waals surface area contributed by atoms with Crippen molar-refractivity contribution >= 4 is 34.1 Å². The van der Waals surface area contributed by atoms with Crippen LogP contribution in [0.1, 0.15) is 31.2 Å². The topological polar surface area (TPSA) is 38.9 Å². The Hall–Kier alpha value is -0.830. The number of aromatic nitrogens is 1. The average molecular weight is 281 g/mol. The van der Waals surface area contributed by atoms with Crippen LogP contribution in [0.2, 0.25) is 10.2 Å². The first kappa shape index (κ1) is 12.2. The SMILES string of the molecule is NC1(c2ccc3nc(Cl)ccc3c2Cl)CCCC1. The number of nitrogens with two attached hydrogens (primary N) is 1. The number of rotatable bonds is 1. The van der Waals surface area contributed by atoms with Crippen molar-refractivity contribution in [3.8, 4) is 0 Å². The van der Waals surface area contributed by atoms with E-state index in [2.05, 4.69) is 4.98 Å². The summed E-state index contributed by atoms with van der Waals surface area (Å²) in [5, 5.41) is 2.13. The van der Waals surface area contributed by atoms with Gasteiger partial charge in [0.1, 0.15) is 5.15 Å². The maximum absolute atomic E-state index is 6.50. The molecule has 0 saturated heterocycles. The van der Waals surface area contributed by atoms with E-state index in [4.69, 9.17) is 28.9 Å². The monoisotopic (exact) mass is 280 g/mol. The van der Waals surface area contributed by atoms with E-state index in [0.717, 1.165) is 34.3 Å². The van der Waals surface area contributed by atoms with Crippen LogP contribution >= 0.6 is 23.2 Å². The van der Waals surface area contributed by atoms with Crippen molar-refractivity contribution in [3.05, 3.63) is 40.0 Å². The second-order valence-electron chi connectivity index (χ2n) is 4.99. The Morgan fingerprint density at radius 2 is 1.78 bits per heavy atom. The summed E-state index contributed by atoms with van der Waals surface area (Å²) in [6.45, 7) is 0. The Morgan fingerprint density at radius 3 is 2.50 bits per heavy atom. The third kappa shape index (κ3) is 1.89. The van der Waals surface area contributed by atoms with Crippen LogP contribution in [0, 0.1) is 0 Å². The van der Waals surface area contributed by atoms with E-state index in [-0.39, 0.29) is 5.54 Å². The summed E-state index contributed by atoms with van der Waals surface area (Å²) >= 11 is 12.4. The number of hydrogen-bond acceptors (Lipinski definition) is 2. The van der Waals surface area contributed by atoms with Gasteiger partial charge in [-0.25, -0.2) is 4.98 Å². The Labute approximate surface area is 116 Å². The lowest BCUT2D eigenvalue weighted by Gasteiger charge is -2.25. The lowest BCUT2D eigenvalue weighted by Crippen LogP contribution is -2.33. The zero-order valence-corrected chi connectivity index (χ0v) is 11.4.